The fourth-order valence-corrected chi connectivity index (χ4v) is 1.12. The number of hydrogen-bond donors (Lipinski definition) is 1. The molecule has 3 unspecified atom stereocenters. The molecule has 0 bridgehead atoms. The maximum atomic E-state index is 9.36. The summed E-state index contributed by atoms with van der Waals surface area (Å²) >= 11 is 0. The third-order valence-corrected chi connectivity index (χ3v) is 1.92. The van der Waals surface area contributed by atoms with Crippen molar-refractivity contribution >= 4 is 0 Å². The van der Waals surface area contributed by atoms with E-state index in [9.17, 15) is 5.11 Å². The fourth-order valence-electron chi connectivity index (χ4n) is 1.12. The minimum atomic E-state index is -1.04. The third-order valence-electron chi connectivity index (χ3n) is 1.92. The summed E-state index contributed by atoms with van der Waals surface area (Å²) in [4.78, 5) is 0. The first-order valence-corrected chi connectivity index (χ1v) is 3.78. The zero-order valence-electron chi connectivity index (χ0n) is 7.48. The molecule has 1 N–H and O–H groups in total. The van der Waals surface area contributed by atoms with Crippen LogP contribution in [0.15, 0.2) is 12.2 Å². The molecule has 0 saturated heterocycles. The summed E-state index contributed by atoms with van der Waals surface area (Å²) in [5.74, 6) is -1.04. The number of rotatable bonds is 3. The van der Waals surface area contributed by atoms with Crippen LogP contribution in [0.4, 0.5) is 0 Å². The van der Waals surface area contributed by atoms with Gasteiger partial charge in [-0.25, -0.2) is 0 Å². The predicted octanol–water partition coefficient (Wildman–Crippen LogP) is 0.269. The van der Waals surface area contributed by atoms with Crippen LogP contribution in [-0.4, -0.2) is 37.5 Å². The van der Waals surface area contributed by atoms with Gasteiger partial charge >= 0.3 is 0 Å². The van der Waals surface area contributed by atoms with Crippen LogP contribution in [0.1, 0.15) is 6.92 Å². The van der Waals surface area contributed by atoms with E-state index in [4.69, 9.17) is 14.2 Å². The van der Waals surface area contributed by atoms with Crippen LogP contribution >= 0.6 is 0 Å². The highest BCUT2D eigenvalue weighted by Crippen LogP contribution is 2.27. The third kappa shape index (κ3) is 1.51. The Morgan fingerprint density at radius 1 is 1.58 bits per heavy atom. The highest BCUT2D eigenvalue weighted by atomic mass is 16.8. The molecule has 0 aromatic rings. The first kappa shape index (κ1) is 9.67. The van der Waals surface area contributed by atoms with Crippen LogP contribution in [0.3, 0.4) is 0 Å². The van der Waals surface area contributed by atoms with Gasteiger partial charge in [0.05, 0.1) is 0 Å². The molecule has 0 fully saturated rings. The molecule has 4 nitrogen and oxygen atoms in total. The SMILES string of the molecule is COC1C=CC(OC)(C(C)O)O1. The molecule has 0 saturated carbocycles. The van der Waals surface area contributed by atoms with Crippen LogP contribution in [-0.2, 0) is 14.2 Å². The van der Waals surface area contributed by atoms with Crippen LogP contribution in [0.25, 0.3) is 0 Å². The second-order valence-corrected chi connectivity index (χ2v) is 2.68. The van der Waals surface area contributed by atoms with Gasteiger partial charge in [-0.2, -0.15) is 0 Å². The van der Waals surface area contributed by atoms with Gasteiger partial charge in [0.1, 0.15) is 6.10 Å². The molecule has 1 heterocycles. The van der Waals surface area contributed by atoms with Gasteiger partial charge < -0.3 is 19.3 Å². The zero-order chi connectivity index (χ0) is 9.19. The Morgan fingerprint density at radius 3 is 2.50 bits per heavy atom. The van der Waals surface area contributed by atoms with Crippen molar-refractivity contribution < 1.29 is 19.3 Å². The molecule has 12 heavy (non-hydrogen) atoms. The maximum Gasteiger partial charge on any atom is 0.217 e. The molecule has 0 aromatic carbocycles. The van der Waals surface area contributed by atoms with E-state index >= 15 is 0 Å². The van der Waals surface area contributed by atoms with E-state index in [1.165, 1.54) is 14.2 Å². The van der Waals surface area contributed by atoms with Crippen molar-refractivity contribution in [1.29, 1.82) is 0 Å². The lowest BCUT2D eigenvalue weighted by Gasteiger charge is -2.29. The van der Waals surface area contributed by atoms with Gasteiger partial charge in [-0.15, -0.1) is 0 Å². The number of aliphatic hydroxyl groups excluding tert-OH is 1. The van der Waals surface area contributed by atoms with E-state index in [1.54, 1.807) is 19.1 Å². The van der Waals surface area contributed by atoms with Gasteiger partial charge in [0.2, 0.25) is 5.79 Å². The van der Waals surface area contributed by atoms with Crippen molar-refractivity contribution in [2.75, 3.05) is 14.2 Å². The molecular weight excluding hydrogens is 160 g/mol. The van der Waals surface area contributed by atoms with Gasteiger partial charge in [0.15, 0.2) is 6.29 Å². The van der Waals surface area contributed by atoms with Crippen LogP contribution in [0.5, 0.6) is 0 Å². The lowest BCUT2D eigenvalue weighted by Crippen LogP contribution is -2.42. The van der Waals surface area contributed by atoms with Crippen LogP contribution < -0.4 is 0 Å². The van der Waals surface area contributed by atoms with E-state index in [0.717, 1.165) is 0 Å². The van der Waals surface area contributed by atoms with Crippen molar-refractivity contribution in [1.82, 2.24) is 0 Å². The largest absolute Gasteiger partial charge is 0.387 e. The Balaban J connectivity index is 2.68. The summed E-state index contributed by atoms with van der Waals surface area (Å²) in [6.45, 7) is 1.60. The van der Waals surface area contributed by atoms with Gasteiger partial charge in [-0.3, -0.25) is 0 Å². The van der Waals surface area contributed by atoms with E-state index in [2.05, 4.69) is 0 Å². The van der Waals surface area contributed by atoms with Crippen LogP contribution in [0, 0.1) is 0 Å². The zero-order valence-corrected chi connectivity index (χ0v) is 7.48. The molecule has 3 atom stereocenters. The summed E-state index contributed by atoms with van der Waals surface area (Å²) in [5.41, 5.74) is 0. The predicted molar refractivity (Wildman–Crippen MR) is 42.4 cm³/mol. The Hall–Kier alpha value is -0.420. The lowest BCUT2D eigenvalue weighted by molar-refractivity contribution is -0.275. The quantitative estimate of drug-likeness (QED) is 0.624. The topological polar surface area (TPSA) is 47.9 Å². The molecule has 0 radical (unpaired) electrons. The maximum absolute atomic E-state index is 9.36. The fraction of sp³-hybridized carbons (Fsp3) is 0.750. The molecule has 0 aromatic heterocycles. The number of hydrogen-bond acceptors (Lipinski definition) is 4. The Kier molecular flexibility index (Phi) is 2.85. The molecule has 1 aliphatic heterocycles. The summed E-state index contributed by atoms with van der Waals surface area (Å²) in [6, 6.07) is 0. The molecule has 1 aliphatic rings. The van der Waals surface area contributed by atoms with Crippen LogP contribution in [0.2, 0.25) is 0 Å². The first-order chi connectivity index (χ1) is 5.64. The van der Waals surface area contributed by atoms with Gasteiger partial charge in [-0.05, 0) is 19.1 Å². The van der Waals surface area contributed by atoms with E-state index in [1.807, 2.05) is 0 Å². The Morgan fingerprint density at radius 2 is 2.25 bits per heavy atom. The number of aliphatic hydroxyl groups is 1. The molecule has 0 spiro atoms. The van der Waals surface area contributed by atoms with E-state index in [0.29, 0.717) is 0 Å². The van der Waals surface area contributed by atoms with Gasteiger partial charge in [-0.1, -0.05) is 0 Å². The molecular formula is C8H14O4. The summed E-state index contributed by atoms with van der Waals surface area (Å²) in [6.07, 6.45) is 2.21. The highest BCUT2D eigenvalue weighted by molar-refractivity contribution is 5.07. The van der Waals surface area contributed by atoms with Crippen molar-refractivity contribution in [3.63, 3.8) is 0 Å². The summed E-state index contributed by atoms with van der Waals surface area (Å²) in [5, 5.41) is 9.36. The second kappa shape index (κ2) is 3.53. The van der Waals surface area contributed by atoms with Gasteiger partial charge in [0.25, 0.3) is 0 Å². The van der Waals surface area contributed by atoms with Crippen molar-refractivity contribution in [2.45, 2.75) is 25.1 Å². The van der Waals surface area contributed by atoms with Crippen molar-refractivity contribution in [3.8, 4) is 0 Å². The number of methoxy groups -OCH3 is 2. The second-order valence-electron chi connectivity index (χ2n) is 2.68. The van der Waals surface area contributed by atoms with Crippen molar-refractivity contribution in [3.05, 3.63) is 12.2 Å². The molecule has 0 amide bonds. The number of ether oxygens (including phenoxy) is 3. The summed E-state index contributed by atoms with van der Waals surface area (Å²) in [7, 11) is 3.01. The Labute approximate surface area is 71.7 Å². The summed E-state index contributed by atoms with van der Waals surface area (Å²) < 4.78 is 15.3. The van der Waals surface area contributed by atoms with Gasteiger partial charge in [0, 0.05) is 14.2 Å². The molecule has 0 aliphatic carbocycles. The Bertz CT molecular complexity index is 178. The monoisotopic (exact) mass is 174 g/mol. The lowest BCUT2D eigenvalue weighted by atomic mass is 10.2. The highest BCUT2D eigenvalue weighted by Gasteiger charge is 2.40. The smallest absolute Gasteiger partial charge is 0.217 e. The molecule has 4 heteroatoms. The normalized spacial score (nSPS) is 37.2. The standard InChI is InChI=1S/C8H14O4/c1-6(9)8(11-3)5-4-7(10-2)12-8/h4-7,9H,1-3H3. The van der Waals surface area contributed by atoms with Crippen molar-refractivity contribution in [2.24, 2.45) is 0 Å². The first-order valence-electron chi connectivity index (χ1n) is 3.78. The minimum absolute atomic E-state index is 0.431. The average molecular weight is 174 g/mol. The van der Waals surface area contributed by atoms with E-state index in [-0.39, 0.29) is 0 Å². The minimum Gasteiger partial charge on any atom is -0.387 e. The average Bonchev–Trinajstić information content (AvgIpc) is 2.48. The molecule has 1 rings (SSSR count). The van der Waals surface area contributed by atoms with E-state index < -0.39 is 18.2 Å². The molecule has 70 valence electrons.